The van der Waals surface area contributed by atoms with E-state index >= 15 is 0 Å². The van der Waals surface area contributed by atoms with E-state index in [1.54, 1.807) is 52.0 Å². The van der Waals surface area contributed by atoms with Crippen molar-refractivity contribution in [1.29, 1.82) is 5.41 Å². The van der Waals surface area contributed by atoms with E-state index in [-0.39, 0.29) is 45.8 Å². The van der Waals surface area contributed by atoms with Crippen LogP contribution < -0.4 is 21.1 Å². The van der Waals surface area contributed by atoms with Gasteiger partial charge in [-0.3, -0.25) is 15.0 Å². The van der Waals surface area contributed by atoms with E-state index in [2.05, 4.69) is 19.8 Å². The van der Waals surface area contributed by atoms with Crippen LogP contribution in [0.4, 0.5) is 5.69 Å². The van der Waals surface area contributed by atoms with E-state index in [0.29, 0.717) is 23.9 Å². The van der Waals surface area contributed by atoms with Crippen LogP contribution in [-0.4, -0.2) is 60.7 Å². The van der Waals surface area contributed by atoms with Crippen LogP contribution in [-0.2, 0) is 14.3 Å². The number of rotatable bonds is 12. The number of hydrogen-bond acceptors (Lipinski definition) is 10. The highest BCUT2D eigenvalue weighted by molar-refractivity contribution is 7.86. The van der Waals surface area contributed by atoms with Crippen molar-refractivity contribution < 1.29 is 36.8 Å². The number of amides is 2. The number of aliphatic hydroxyl groups excluding tert-OH is 1. The lowest BCUT2D eigenvalue weighted by Crippen LogP contribution is -2.44. The third kappa shape index (κ3) is 9.09. The van der Waals surface area contributed by atoms with Crippen LogP contribution in [0.25, 0.3) is 11.1 Å². The predicted molar refractivity (Wildman–Crippen MR) is 169 cm³/mol. The lowest BCUT2D eigenvalue weighted by atomic mass is 9.88. The Morgan fingerprint density at radius 2 is 1.60 bits per heavy atom. The number of aromatic nitrogens is 1. The smallest absolute Gasteiger partial charge is 0.354 e. The van der Waals surface area contributed by atoms with Crippen molar-refractivity contribution >= 4 is 39.4 Å². The number of anilines is 1. The number of nitrogen functional groups attached to an aromatic ring is 1. The van der Waals surface area contributed by atoms with Gasteiger partial charge in [0, 0.05) is 33.9 Å². The van der Waals surface area contributed by atoms with E-state index < -0.39 is 39.5 Å². The molecular formula is C31H37N5O8S. The van der Waals surface area contributed by atoms with Gasteiger partial charge in [0.15, 0.2) is 0 Å². The maximum Gasteiger partial charge on any atom is 0.354 e. The first-order valence-electron chi connectivity index (χ1n) is 13.9. The third-order valence-corrected chi connectivity index (χ3v) is 7.29. The van der Waals surface area contributed by atoms with Crippen LogP contribution in [0.15, 0.2) is 54.6 Å². The van der Waals surface area contributed by atoms with Crippen LogP contribution in [0.5, 0.6) is 5.88 Å². The number of aliphatic hydroxyl groups is 1. The third-order valence-electron chi connectivity index (χ3n) is 6.83. The highest BCUT2D eigenvalue weighted by atomic mass is 32.2. The molecule has 0 bridgehead atoms. The molecule has 1 atom stereocenters. The highest BCUT2D eigenvalue weighted by Crippen LogP contribution is 2.31. The molecule has 0 aliphatic heterocycles. The number of carbonyl (C=O) groups excluding carboxylic acids is 3. The number of nitrogens with zero attached hydrogens (tertiary/aromatic N) is 1. The van der Waals surface area contributed by atoms with E-state index in [0.717, 1.165) is 6.07 Å². The second kappa shape index (κ2) is 13.9. The minimum absolute atomic E-state index is 0.0373. The number of nitrogens with two attached hydrogens (primary N) is 1. The fraction of sp³-hybridized carbons (Fsp3) is 0.323. The number of pyridine rings is 1. The Bertz CT molecular complexity index is 1720. The lowest BCUT2D eigenvalue weighted by molar-refractivity contribution is 0.0189. The quantitative estimate of drug-likeness (QED) is 0.0840. The fourth-order valence-corrected chi connectivity index (χ4v) is 4.29. The zero-order valence-corrected chi connectivity index (χ0v) is 26.6. The molecule has 0 spiro atoms. The van der Waals surface area contributed by atoms with Crippen LogP contribution in [0, 0.1) is 10.8 Å². The molecular weight excluding hydrogens is 602 g/mol. The molecule has 1 aromatic heterocycles. The first kappa shape index (κ1) is 34.7. The Kier molecular flexibility index (Phi) is 10.7. The van der Waals surface area contributed by atoms with E-state index in [9.17, 15) is 27.9 Å². The fourth-order valence-electron chi connectivity index (χ4n) is 3.93. The summed E-state index contributed by atoms with van der Waals surface area (Å²) in [6.07, 6.45) is -0.266. The molecule has 3 aromatic rings. The van der Waals surface area contributed by atoms with Crippen LogP contribution in [0.1, 0.15) is 77.8 Å². The molecule has 1 heterocycles. The van der Waals surface area contributed by atoms with Gasteiger partial charge in [0.05, 0.1) is 17.9 Å². The molecule has 1 unspecified atom stereocenters. The Morgan fingerprint density at radius 3 is 2.16 bits per heavy atom. The number of amidine groups is 1. The number of nitrogens with one attached hydrogen (secondary N) is 3. The van der Waals surface area contributed by atoms with Gasteiger partial charge in [-0.15, -0.1) is 0 Å². The number of hydrogen-bond donors (Lipinski definition) is 5. The van der Waals surface area contributed by atoms with Crippen molar-refractivity contribution in [3.05, 3.63) is 77.0 Å². The molecule has 6 N–H and O–H groups in total. The first-order valence-corrected chi connectivity index (χ1v) is 15.7. The normalized spacial score (nSPS) is 12.3. The lowest BCUT2D eigenvalue weighted by Gasteiger charge is -2.29. The highest BCUT2D eigenvalue weighted by Gasteiger charge is 2.29. The summed E-state index contributed by atoms with van der Waals surface area (Å²) < 4.78 is 34.1. The molecule has 0 aliphatic carbocycles. The van der Waals surface area contributed by atoms with E-state index in [1.165, 1.54) is 24.3 Å². The minimum Gasteiger partial charge on any atom is -0.475 e. The molecule has 0 saturated carbocycles. The van der Waals surface area contributed by atoms with Gasteiger partial charge in [-0.2, -0.15) is 8.42 Å². The zero-order chi connectivity index (χ0) is 33.7. The predicted octanol–water partition coefficient (Wildman–Crippen LogP) is 3.67. The molecule has 240 valence electrons. The zero-order valence-electron chi connectivity index (χ0n) is 25.8. The molecule has 0 saturated heterocycles. The summed E-state index contributed by atoms with van der Waals surface area (Å²) in [5.74, 6) is -2.77. The Labute approximate surface area is 261 Å². The van der Waals surface area contributed by atoms with Crippen molar-refractivity contribution in [2.24, 2.45) is 11.1 Å². The topological polar surface area (TPSA) is 211 Å². The summed E-state index contributed by atoms with van der Waals surface area (Å²) in [4.78, 5) is 44.2. The largest absolute Gasteiger partial charge is 0.475 e. The Hall–Kier alpha value is -4.82. The van der Waals surface area contributed by atoms with Gasteiger partial charge in [0.1, 0.15) is 17.8 Å². The molecule has 45 heavy (non-hydrogen) atoms. The van der Waals surface area contributed by atoms with Crippen molar-refractivity contribution in [2.45, 2.75) is 53.4 Å². The molecule has 0 aliphatic rings. The summed E-state index contributed by atoms with van der Waals surface area (Å²) in [5.41, 5.74) is 5.18. The second-order valence-corrected chi connectivity index (χ2v) is 12.8. The van der Waals surface area contributed by atoms with Gasteiger partial charge >= 0.3 is 16.1 Å². The second-order valence-electron chi connectivity index (χ2n) is 11.2. The monoisotopic (exact) mass is 639 g/mol. The Morgan fingerprint density at radius 1 is 1.00 bits per heavy atom. The van der Waals surface area contributed by atoms with Crippen LogP contribution in [0.2, 0.25) is 0 Å². The maximum absolute atomic E-state index is 13.6. The molecule has 2 amide bonds. The maximum atomic E-state index is 13.6. The Balaban J connectivity index is 2.15. The van der Waals surface area contributed by atoms with Gasteiger partial charge in [-0.1, -0.05) is 26.8 Å². The SMILES string of the molecule is CCC(C)(C)C(O)NC(=O)c1ccc(-c2ccc(OC(C)C)nc2C(=O)Nc2ccc(C(=N)N)cc2)c(C(=O)OS(C)(=O)=O)c1. The van der Waals surface area contributed by atoms with Gasteiger partial charge in [-0.25, -0.2) is 9.78 Å². The van der Waals surface area contributed by atoms with Crippen molar-refractivity contribution in [2.75, 3.05) is 11.6 Å². The van der Waals surface area contributed by atoms with Crippen LogP contribution in [0.3, 0.4) is 0 Å². The van der Waals surface area contributed by atoms with E-state index in [1.807, 2.05) is 6.92 Å². The standard InChI is InChI=1S/C31H37N5O8S/c1-7-31(4,5)30(40)36-27(37)19-10-13-21(23(16-19)29(39)44-45(6,41)42)22-14-15-24(43-17(2)3)35-25(22)28(38)34-20-11-8-18(9-12-20)26(32)33/h8-17,30,40H,7H2,1-6H3,(H3,32,33)(H,34,38)(H,36,37). The molecule has 14 heteroatoms. The summed E-state index contributed by atoms with van der Waals surface area (Å²) in [5, 5.41) is 23.3. The van der Waals surface area contributed by atoms with Gasteiger partial charge in [0.2, 0.25) is 5.88 Å². The van der Waals surface area contributed by atoms with E-state index in [4.69, 9.17) is 15.9 Å². The molecule has 0 radical (unpaired) electrons. The average Bonchev–Trinajstić information content (AvgIpc) is 2.95. The number of carbonyl (C=O) groups is 3. The summed E-state index contributed by atoms with van der Waals surface area (Å²) >= 11 is 0. The molecule has 13 nitrogen and oxygen atoms in total. The first-order chi connectivity index (χ1) is 20.9. The van der Waals surface area contributed by atoms with Crippen LogP contribution >= 0.6 is 0 Å². The van der Waals surface area contributed by atoms with Gasteiger partial charge < -0.3 is 30.4 Å². The molecule has 0 fully saturated rings. The summed E-state index contributed by atoms with van der Waals surface area (Å²) in [6.45, 7) is 8.92. The summed E-state index contributed by atoms with van der Waals surface area (Å²) in [6, 6.07) is 12.9. The molecule has 3 rings (SSSR count). The average molecular weight is 640 g/mol. The van der Waals surface area contributed by atoms with Crippen molar-refractivity contribution in [3.8, 4) is 17.0 Å². The van der Waals surface area contributed by atoms with Gasteiger partial charge in [0.25, 0.3) is 11.8 Å². The van der Waals surface area contributed by atoms with Crippen molar-refractivity contribution in [3.63, 3.8) is 0 Å². The summed E-state index contributed by atoms with van der Waals surface area (Å²) in [7, 11) is -4.27. The van der Waals surface area contributed by atoms with Crippen molar-refractivity contribution in [1.82, 2.24) is 10.3 Å². The minimum atomic E-state index is -4.27. The number of ether oxygens (including phenoxy) is 1. The number of benzene rings is 2. The van der Waals surface area contributed by atoms with Gasteiger partial charge in [-0.05, 0) is 68.3 Å². The molecule has 2 aromatic carbocycles.